The first kappa shape index (κ1) is 21.8. The van der Waals surface area contributed by atoms with E-state index in [1.807, 2.05) is 43.8 Å². The third kappa shape index (κ3) is 5.24. The number of carbonyl (C=O) groups excluding carboxylic acids is 1. The van der Waals surface area contributed by atoms with Crippen LogP contribution in [-0.4, -0.2) is 59.0 Å². The molecule has 0 aliphatic carbocycles. The van der Waals surface area contributed by atoms with Gasteiger partial charge in [0, 0.05) is 50.2 Å². The number of hydrogen-bond donors (Lipinski definition) is 1. The number of morpholine rings is 1. The van der Waals surface area contributed by atoms with E-state index in [1.54, 1.807) is 17.9 Å². The molecule has 1 aliphatic rings. The molecule has 168 valence electrons. The van der Waals surface area contributed by atoms with Gasteiger partial charge in [-0.25, -0.2) is 0 Å². The van der Waals surface area contributed by atoms with Gasteiger partial charge in [-0.15, -0.1) is 0 Å². The van der Waals surface area contributed by atoms with Gasteiger partial charge in [-0.05, 0) is 23.8 Å². The number of rotatable bonds is 8. The van der Waals surface area contributed by atoms with Crippen molar-refractivity contribution in [3.05, 3.63) is 60.2 Å². The molecule has 3 heterocycles. The van der Waals surface area contributed by atoms with E-state index in [-0.39, 0.29) is 12.7 Å². The van der Waals surface area contributed by atoms with Crippen LogP contribution in [-0.2, 0) is 23.1 Å². The van der Waals surface area contributed by atoms with Crippen molar-refractivity contribution in [2.45, 2.75) is 12.6 Å². The van der Waals surface area contributed by atoms with E-state index in [4.69, 9.17) is 19.9 Å². The Kier molecular flexibility index (Phi) is 6.67. The molecule has 1 fully saturated rings. The highest BCUT2D eigenvalue weighted by molar-refractivity contribution is 5.75. The number of nitrogens with two attached hydrogens (primary N) is 1. The van der Waals surface area contributed by atoms with Gasteiger partial charge in [0.15, 0.2) is 18.1 Å². The number of amides is 1. The second kappa shape index (κ2) is 9.80. The number of carbonyl (C=O) groups is 1. The van der Waals surface area contributed by atoms with E-state index < -0.39 is 5.91 Å². The molecule has 1 amide bonds. The third-order valence-corrected chi connectivity index (χ3v) is 5.31. The summed E-state index contributed by atoms with van der Waals surface area (Å²) in [6, 6.07) is 9.75. The van der Waals surface area contributed by atoms with Crippen LogP contribution in [0.25, 0.3) is 11.1 Å². The van der Waals surface area contributed by atoms with E-state index in [9.17, 15) is 4.79 Å². The topological polar surface area (TPSA) is 105 Å². The van der Waals surface area contributed by atoms with E-state index in [1.165, 1.54) is 0 Å². The second-order valence-electron chi connectivity index (χ2n) is 7.71. The molecule has 0 saturated carbocycles. The second-order valence-corrected chi connectivity index (χ2v) is 7.71. The van der Waals surface area contributed by atoms with Crippen LogP contribution in [0.1, 0.15) is 17.4 Å². The lowest BCUT2D eigenvalue weighted by Gasteiger charge is -2.32. The zero-order chi connectivity index (χ0) is 22.5. The van der Waals surface area contributed by atoms with Crippen molar-refractivity contribution in [2.24, 2.45) is 12.8 Å². The highest BCUT2D eigenvalue weighted by Crippen LogP contribution is 2.30. The SMILES string of the molecule is COc1cc(CN2CCOC(c3ccc(-c4cnn(C)c4)cn3)C2)ccc1OCC(N)=O. The van der Waals surface area contributed by atoms with Gasteiger partial charge >= 0.3 is 0 Å². The Labute approximate surface area is 186 Å². The highest BCUT2D eigenvalue weighted by atomic mass is 16.5. The van der Waals surface area contributed by atoms with Crippen molar-refractivity contribution in [1.29, 1.82) is 0 Å². The molecule has 1 aliphatic heterocycles. The van der Waals surface area contributed by atoms with Crippen LogP contribution in [0.5, 0.6) is 11.5 Å². The number of pyridine rings is 1. The quantitative estimate of drug-likeness (QED) is 0.574. The fourth-order valence-corrected chi connectivity index (χ4v) is 3.70. The summed E-state index contributed by atoms with van der Waals surface area (Å²) in [6.07, 6.45) is 5.57. The maximum atomic E-state index is 11.0. The summed E-state index contributed by atoms with van der Waals surface area (Å²) in [5, 5.41) is 4.21. The molecule has 1 atom stereocenters. The van der Waals surface area contributed by atoms with Crippen LogP contribution < -0.4 is 15.2 Å². The van der Waals surface area contributed by atoms with E-state index >= 15 is 0 Å². The molecule has 2 N–H and O–H groups in total. The molecule has 9 heteroatoms. The van der Waals surface area contributed by atoms with Gasteiger partial charge in [-0.2, -0.15) is 5.10 Å². The highest BCUT2D eigenvalue weighted by Gasteiger charge is 2.23. The minimum Gasteiger partial charge on any atom is -0.493 e. The molecule has 2 aromatic heterocycles. The van der Waals surface area contributed by atoms with Gasteiger partial charge in [0.1, 0.15) is 6.10 Å². The molecule has 9 nitrogen and oxygen atoms in total. The van der Waals surface area contributed by atoms with Gasteiger partial charge in [-0.1, -0.05) is 12.1 Å². The van der Waals surface area contributed by atoms with Crippen LogP contribution in [0.2, 0.25) is 0 Å². The Morgan fingerprint density at radius 3 is 2.78 bits per heavy atom. The number of primary amides is 1. The maximum Gasteiger partial charge on any atom is 0.255 e. The number of benzene rings is 1. The van der Waals surface area contributed by atoms with Gasteiger partial charge in [0.2, 0.25) is 0 Å². The van der Waals surface area contributed by atoms with Crippen LogP contribution in [0.15, 0.2) is 48.9 Å². The van der Waals surface area contributed by atoms with Crippen molar-refractivity contribution in [2.75, 3.05) is 33.4 Å². The number of aryl methyl sites for hydroxylation is 1. The molecule has 0 spiro atoms. The van der Waals surface area contributed by atoms with E-state index in [0.717, 1.165) is 42.0 Å². The lowest BCUT2D eigenvalue weighted by molar-refractivity contribution is -0.119. The summed E-state index contributed by atoms with van der Waals surface area (Å²) >= 11 is 0. The summed E-state index contributed by atoms with van der Waals surface area (Å²) in [6.45, 7) is 2.75. The zero-order valence-corrected chi connectivity index (χ0v) is 18.2. The summed E-state index contributed by atoms with van der Waals surface area (Å²) in [7, 11) is 3.47. The molecule has 32 heavy (non-hydrogen) atoms. The largest absolute Gasteiger partial charge is 0.493 e. The molecule has 1 unspecified atom stereocenters. The first-order chi connectivity index (χ1) is 15.5. The maximum absolute atomic E-state index is 11.0. The van der Waals surface area contributed by atoms with E-state index in [2.05, 4.69) is 21.0 Å². The molecular weight excluding hydrogens is 410 g/mol. The van der Waals surface area contributed by atoms with Crippen molar-refractivity contribution in [3.8, 4) is 22.6 Å². The van der Waals surface area contributed by atoms with Crippen LogP contribution in [0.3, 0.4) is 0 Å². The number of hydrogen-bond acceptors (Lipinski definition) is 7. The molecule has 0 radical (unpaired) electrons. The fourth-order valence-electron chi connectivity index (χ4n) is 3.70. The van der Waals surface area contributed by atoms with Gasteiger partial charge in [0.05, 0.1) is 25.6 Å². The predicted molar refractivity (Wildman–Crippen MR) is 118 cm³/mol. The summed E-state index contributed by atoms with van der Waals surface area (Å²) in [5.74, 6) is 0.534. The molecule has 0 bridgehead atoms. The van der Waals surface area contributed by atoms with Crippen LogP contribution >= 0.6 is 0 Å². The van der Waals surface area contributed by atoms with Crippen molar-refractivity contribution < 1.29 is 19.0 Å². The van der Waals surface area contributed by atoms with Crippen molar-refractivity contribution >= 4 is 5.91 Å². The fraction of sp³-hybridized carbons (Fsp3) is 0.348. The van der Waals surface area contributed by atoms with Crippen LogP contribution in [0.4, 0.5) is 0 Å². The Balaban J connectivity index is 1.40. The number of ether oxygens (including phenoxy) is 3. The number of nitrogens with zero attached hydrogens (tertiary/aromatic N) is 4. The lowest BCUT2D eigenvalue weighted by Crippen LogP contribution is -2.38. The van der Waals surface area contributed by atoms with Crippen molar-refractivity contribution in [3.63, 3.8) is 0 Å². The Morgan fingerprint density at radius 2 is 2.09 bits per heavy atom. The Bertz CT molecular complexity index is 1070. The van der Waals surface area contributed by atoms with E-state index in [0.29, 0.717) is 18.1 Å². The average Bonchev–Trinajstić information content (AvgIpc) is 3.24. The molecule has 1 saturated heterocycles. The minimum absolute atomic E-state index is 0.0910. The summed E-state index contributed by atoms with van der Waals surface area (Å²) < 4.78 is 18.6. The molecule has 3 aromatic rings. The van der Waals surface area contributed by atoms with Gasteiger partial charge in [-0.3, -0.25) is 19.4 Å². The molecule has 1 aromatic carbocycles. The van der Waals surface area contributed by atoms with Gasteiger partial charge < -0.3 is 19.9 Å². The predicted octanol–water partition coefficient (Wildman–Crippen LogP) is 1.93. The standard InChI is InChI=1S/C23H27N5O4/c1-27-13-18(11-26-27)17-4-5-19(25-10-17)22-14-28(7-8-31-22)12-16-3-6-20(21(9-16)30-2)32-15-23(24)29/h3-6,9-11,13,22H,7-8,12,14-15H2,1-2H3,(H2,24,29). The summed E-state index contributed by atoms with van der Waals surface area (Å²) in [5.41, 5.74) is 9.21. The first-order valence-electron chi connectivity index (χ1n) is 10.4. The monoisotopic (exact) mass is 437 g/mol. The molecular formula is C23H27N5O4. The normalized spacial score (nSPS) is 16.6. The molecule has 4 rings (SSSR count). The Hall–Kier alpha value is -3.43. The average molecular weight is 438 g/mol. The number of methoxy groups -OCH3 is 1. The smallest absolute Gasteiger partial charge is 0.255 e. The van der Waals surface area contributed by atoms with Crippen molar-refractivity contribution in [1.82, 2.24) is 19.7 Å². The number of aromatic nitrogens is 3. The van der Waals surface area contributed by atoms with Crippen LogP contribution in [0, 0.1) is 0 Å². The third-order valence-electron chi connectivity index (χ3n) is 5.31. The van der Waals surface area contributed by atoms with Gasteiger partial charge in [0.25, 0.3) is 5.91 Å². The zero-order valence-electron chi connectivity index (χ0n) is 18.2. The minimum atomic E-state index is -0.530. The Morgan fingerprint density at radius 1 is 1.22 bits per heavy atom. The first-order valence-corrected chi connectivity index (χ1v) is 10.4. The summed E-state index contributed by atoms with van der Waals surface area (Å²) in [4.78, 5) is 17.9. The lowest BCUT2D eigenvalue weighted by atomic mass is 10.1.